The third kappa shape index (κ3) is 2.63. The van der Waals surface area contributed by atoms with Crippen LogP contribution in [0.25, 0.3) is 11.0 Å². The minimum Gasteiger partial charge on any atom is -0.324 e. The van der Waals surface area contributed by atoms with Crippen molar-refractivity contribution in [3.05, 3.63) is 54.6 Å². The average Bonchev–Trinajstić information content (AvgIpc) is 2.93. The lowest BCUT2D eigenvalue weighted by molar-refractivity contribution is -0.119. The summed E-state index contributed by atoms with van der Waals surface area (Å²) in [5.41, 5.74) is 2.45. The molecule has 0 saturated carbocycles. The Morgan fingerprint density at radius 2 is 1.86 bits per heavy atom. The van der Waals surface area contributed by atoms with Crippen molar-refractivity contribution in [2.24, 2.45) is 0 Å². The molecule has 21 heavy (non-hydrogen) atoms. The molecule has 0 spiro atoms. The molecule has 0 radical (unpaired) electrons. The molecule has 1 heterocycles. The standard InChI is InChI=1S/C16H16N4O/c1-2-14(16(21)17-12-8-4-3-5-9-12)20-15-11-7-6-10-13(15)18-19-20/h3-11,14H,2H2,1H3,(H,17,21). The monoisotopic (exact) mass is 280 g/mol. The van der Waals surface area contributed by atoms with Gasteiger partial charge in [-0.25, -0.2) is 4.68 Å². The molecule has 1 unspecified atom stereocenters. The molecular formula is C16H16N4O. The smallest absolute Gasteiger partial charge is 0.249 e. The maximum atomic E-state index is 12.5. The van der Waals surface area contributed by atoms with Gasteiger partial charge in [0.1, 0.15) is 11.6 Å². The van der Waals surface area contributed by atoms with E-state index in [-0.39, 0.29) is 11.9 Å². The number of amides is 1. The zero-order chi connectivity index (χ0) is 14.7. The van der Waals surface area contributed by atoms with Crippen molar-refractivity contribution >= 4 is 22.6 Å². The summed E-state index contributed by atoms with van der Waals surface area (Å²) in [6.45, 7) is 1.96. The average molecular weight is 280 g/mol. The minimum absolute atomic E-state index is 0.0839. The summed E-state index contributed by atoms with van der Waals surface area (Å²) < 4.78 is 1.69. The highest BCUT2D eigenvalue weighted by molar-refractivity contribution is 5.94. The molecule has 0 aliphatic carbocycles. The Morgan fingerprint density at radius 3 is 2.62 bits per heavy atom. The van der Waals surface area contributed by atoms with Gasteiger partial charge in [0.2, 0.25) is 5.91 Å². The molecule has 5 nitrogen and oxygen atoms in total. The number of hydrogen-bond donors (Lipinski definition) is 1. The lowest BCUT2D eigenvalue weighted by atomic mass is 10.2. The fourth-order valence-corrected chi connectivity index (χ4v) is 2.33. The van der Waals surface area contributed by atoms with Crippen LogP contribution in [0.3, 0.4) is 0 Å². The van der Waals surface area contributed by atoms with Crippen LogP contribution >= 0.6 is 0 Å². The fraction of sp³-hybridized carbons (Fsp3) is 0.188. The molecule has 3 aromatic rings. The van der Waals surface area contributed by atoms with Crippen LogP contribution in [0.5, 0.6) is 0 Å². The Kier molecular flexibility index (Phi) is 3.64. The van der Waals surface area contributed by atoms with E-state index in [2.05, 4.69) is 15.6 Å². The van der Waals surface area contributed by atoms with Gasteiger partial charge in [-0.05, 0) is 30.7 Å². The molecule has 1 N–H and O–H groups in total. The third-order valence-corrected chi connectivity index (χ3v) is 3.40. The number of aromatic nitrogens is 3. The van der Waals surface area contributed by atoms with E-state index in [1.165, 1.54) is 0 Å². The Labute approximate surface area is 122 Å². The van der Waals surface area contributed by atoms with Crippen LogP contribution in [0.15, 0.2) is 54.6 Å². The summed E-state index contributed by atoms with van der Waals surface area (Å²) in [6, 6.07) is 16.7. The van der Waals surface area contributed by atoms with E-state index in [1.807, 2.05) is 61.5 Å². The van der Waals surface area contributed by atoms with Gasteiger partial charge in [0, 0.05) is 5.69 Å². The second-order valence-electron chi connectivity index (χ2n) is 4.80. The van der Waals surface area contributed by atoms with E-state index >= 15 is 0 Å². The van der Waals surface area contributed by atoms with Gasteiger partial charge in [0.15, 0.2) is 0 Å². The van der Waals surface area contributed by atoms with Crippen molar-refractivity contribution < 1.29 is 4.79 Å². The number of carbonyl (C=O) groups excluding carboxylic acids is 1. The summed E-state index contributed by atoms with van der Waals surface area (Å²) in [4.78, 5) is 12.5. The van der Waals surface area contributed by atoms with E-state index in [0.717, 1.165) is 16.7 Å². The summed E-state index contributed by atoms with van der Waals surface area (Å²) >= 11 is 0. The second-order valence-corrected chi connectivity index (χ2v) is 4.80. The zero-order valence-electron chi connectivity index (χ0n) is 11.7. The molecule has 1 atom stereocenters. The summed E-state index contributed by atoms with van der Waals surface area (Å²) in [5.74, 6) is -0.0839. The summed E-state index contributed by atoms with van der Waals surface area (Å²) in [6.07, 6.45) is 0.645. The molecule has 0 aliphatic rings. The topological polar surface area (TPSA) is 59.8 Å². The van der Waals surface area contributed by atoms with Gasteiger partial charge in [-0.15, -0.1) is 5.10 Å². The molecule has 106 valence electrons. The number of para-hydroxylation sites is 2. The van der Waals surface area contributed by atoms with Crippen molar-refractivity contribution in [1.29, 1.82) is 0 Å². The predicted octanol–water partition coefficient (Wildman–Crippen LogP) is 3.02. The van der Waals surface area contributed by atoms with Gasteiger partial charge >= 0.3 is 0 Å². The normalized spacial score (nSPS) is 12.2. The summed E-state index contributed by atoms with van der Waals surface area (Å²) in [5, 5.41) is 11.2. The maximum Gasteiger partial charge on any atom is 0.249 e. The predicted molar refractivity (Wildman–Crippen MR) is 81.9 cm³/mol. The van der Waals surface area contributed by atoms with Crippen molar-refractivity contribution in [1.82, 2.24) is 15.0 Å². The number of hydrogen-bond acceptors (Lipinski definition) is 3. The first-order valence-corrected chi connectivity index (χ1v) is 6.95. The molecule has 1 amide bonds. The van der Waals surface area contributed by atoms with Crippen LogP contribution < -0.4 is 5.32 Å². The van der Waals surface area contributed by atoms with Gasteiger partial charge in [0.05, 0.1) is 5.52 Å². The highest BCUT2D eigenvalue weighted by atomic mass is 16.2. The quantitative estimate of drug-likeness (QED) is 0.799. The van der Waals surface area contributed by atoms with Crippen LogP contribution in [0.4, 0.5) is 5.69 Å². The minimum atomic E-state index is -0.377. The lowest BCUT2D eigenvalue weighted by Crippen LogP contribution is -2.26. The SMILES string of the molecule is CCC(C(=O)Nc1ccccc1)n1nnc2ccccc21. The van der Waals surface area contributed by atoms with E-state index in [0.29, 0.717) is 6.42 Å². The van der Waals surface area contributed by atoms with Crippen molar-refractivity contribution in [3.63, 3.8) is 0 Å². The van der Waals surface area contributed by atoms with E-state index in [4.69, 9.17) is 0 Å². The largest absolute Gasteiger partial charge is 0.324 e. The Balaban J connectivity index is 1.89. The van der Waals surface area contributed by atoms with Crippen LogP contribution in [0.1, 0.15) is 19.4 Å². The van der Waals surface area contributed by atoms with Gasteiger partial charge in [-0.2, -0.15) is 0 Å². The number of anilines is 1. The molecule has 0 saturated heterocycles. The molecule has 0 bridgehead atoms. The number of benzene rings is 2. The van der Waals surface area contributed by atoms with Crippen LogP contribution in [0.2, 0.25) is 0 Å². The number of fused-ring (bicyclic) bond motifs is 1. The third-order valence-electron chi connectivity index (χ3n) is 3.40. The Morgan fingerprint density at radius 1 is 1.14 bits per heavy atom. The molecular weight excluding hydrogens is 264 g/mol. The van der Waals surface area contributed by atoms with Crippen molar-refractivity contribution in [2.45, 2.75) is 19.4 Å². The van der Waals surface area contributed by atoms with Gasteiger partial charge < -0.3 is 5.32 Å². The van der Waals surface area contributed by atoms with Crippen LogP contribution in [-0.2, 0) is 4.79 Å². The number of nitrogens with zero attached hydrogens (tertiary/aromatic N) is 3. The first-order chi connectivity index (χ1) is 10.3. The van der Waals surface area contributed by atoms with Crippen LogP contribution in [0, 0.1) is 0 Å². The van der Waals surface area contributed by atoms with Gasteiger partial charge in [-0.3, -0.25) is 4.79 Å². The highest BCUT2D eigenvalue weighted by Gasteiger charge is 2.21. The highest BCUT2D eigenvalue weighted by Crippen LogP contribution is 2.19. The van der Waals surface area contributed by atoms with Gasteiger partial charge in [0.25, 0.3) is 0 Å². The van der Waals surface area contributed by atoms with Crippen molar-refractivity contribution in [3.8, 4) is 0 Å². The molecule has 2 aromatic carbocycles. The van der Waals surface area contributed by atoms with Crippen molar-refractivity contribution in [2.75, 3.05) is 5.32 Å². The van der Waals surface area contributed by atoms with E-state index < -0.39 is 0 Å². The molecule has 0 aliphatic heterocycles. The number of rotatable bonds is 4. The maximum absolute atomic E-state index is 12.5. The molecule has 5 heteroatoms. The number of nitrogens with one attached hydrogen (secondary N) is 1. The molecule has 3 rings (SSSR count). The van der Waals surface area contributed by atoms with Crippen LogP contribution in [-0.4, -0.2) is 20.9 Å². The molecule has 0 fully saturated rings. The van der Waals surface area contributed by atoms with E-state index in [1.54, 1.807) is 4.68 Å². The fourth-order valence-electron chi connectivity index (χ4n) is 2.33. The Hall–Kier alpha value is -2.69. The zero-order valence-corrected chi connectivity index (χ0v) is 11.7. The van der Waals surface area contributed by atoms with E-state index in [9.17, 15) is 4.79 Å². The number of carbonyl (C=O) groups is 1. The van der Waals surface area contributed by atoms with Gasteiger partial charge in [-0.1, -0.05) is 42.5 Å². The first kappa shape index (κ1) is 13.3. The molecule has 1 aromatic heterocycles. The lowest BCUT2D eigenvalue weighted by Gasteiger charge is -2.15. The Bertz CT molecular complexity index is 751. The first-order valence-electron chi connectivity index (χ1n) is 6.95. The summed E-state index contributed by atoms with van der Waals surface area (Å²) in [7, 11) is 0. The second kappa shape index (κ2) is 5.75.